The van der Waals surface area contributed by atoms with Crippen molar-refractivity contribution in [1.82, 2.24) is 9.78 Å². The normalized spacial score (nSPS) is 10.7. The smallest absolute Gasteiger partial charge is 0.221 e. The first-order valence-electron chi connectivity index (χ1n) is 5.82. The fourth-order valence-electron chi connectivity index (χ4n) is 1.96. The van der Waals surface area contributed by atoms with Crippen molar-refractivity contribution in [3.63, 3.8) is 0 Å². The van der Waals surface area contributed by atoms with E-state index in [2.05, 4.69) is 5.10 Å². The molecule has 18 heavy (non-hydrogen) atoms. The zero-order valence-electron chi connectivity index (χ0n) is 10.5. The van der Waals surface area contributed by atoms with E-state index < -0.39 is 0 Å². The summed E-state index contributed by atoms with van der Waals surface area (Å²) in [6.07, 6.45) is 0.806. The van der Waals surface area contributed by atoms with Gasteiger partial charge in [-0.2, -0.15) is 9.78 Å². The Kier molecular flexibility index (Phi) is 3.89. The van der Waals surface area contributed by atoms with E-state index >= 15 is 0 Å². The minimum absolute atomic E-state index is 0.400. The molecule has 0 aliphatic carbocycles. The number of aromatic nitrogens is 2. The van der Waals surface area contributed by atoms with E-state index in [0.29, 0.717) is 17.4 Å². The number of hydrogen-bond donors (Lipinski definition) is 1. The molecule has 5 heteroatoms. The Hall–Kier alpha value is -1.52. The Morgan fingerprint density at radius 2 is 2.11 bits per heavy atom. The van der Waals surface area contributed by atoms with Crippen molar-refractivity contribution in [3.05, 3.63) is 40.5 Å². The van der Waals surface area contributed by atoms with Gasteiger partial charge in [-0.15, -0.1) is 0 Å². The first-order valence-corrected chi connectivity index (χ1v) is 6.20. The van der Waals surface area contributed by atoms with Gasteiger partial charge < -0.3 is 10.5 Å². The van der Waals surface area contributed by atoms with Gasteiger partial charge >= 0.3 is 0 Å². The van der Waals surface area contributed by atoms with Crippen molar-refractivity contribution >= 4 is 11.6 Å². The van der Waals surface area contributed by atoms with Crippen molar-refractivity contribution in [3.8, 4) is 11.6 Å². The number of halogens is 1. The van der Waals surface area contributed by atoms with Crippen molar-refractivity contribution in [2.24, 2.45) is 5.73 Å². The average molecular weight is 266 g/mol. The molecule has 96 valence electrons. The van der Waals surface area contributed by atoms with Crippen LogP contribution in [0.4, 0.5) is 0 Å². The lowest BCUT2D eigenvalue weighted by atomic mass is 10.2. The van der Waals surface area contributed by atoms with Crippen LogP contribution in [0, 0.1) is 0 Å². The van der Waals surface area contributed by atoms with E-state index in [4.69, 9.17) is 22.1 Å². The third-order valence-corrected chi connectivity index (χ3v) is 3.15. The average Bonchev–Trinajstić information content (AvgIpc) is 2.76. The number of nitrogens with two attached hydrogens (primary N) is 1. The zero-order valence-corrected chi connectivity index (χ0v) is 11.2. The van der Waals surface area contributed by atoms with Crippen LogP contribution < -0.4 is 10.5 Å². The van der Waals surface area contributed by atoms with E-state index in [1.165, 1.54) is 0 Å². The second-order valence-corrected chi connectivity index (χ2v) is 4.26. The number of benzene rings is 1. The maximum absolute atomic E-state index is 6.19. The number of rotatable bonds is 4. The maximum Gasteiger partial charge on any atom is 0.221 e. The quantitative estimate of drug-likeness (QED) is 0.924. The molecular weight excluding hydrogens is 250 g/mol. The fraction of sp³-hybridized carbons (Fsp3) is 0.308. The lowest BCUT2D eigenvalue weighted by molar-refractivity contribution is 0.379. The molecule has 0 fully saturated rings. The fourth-order valence-corrected chi connectivity index (χ4v) is 2.18. The molecule has 0 radical (unpaired) electrons. The highest BCUT2D eigenvalue weighted by molar-refractivity contribution is 6.32. The van der Waals surface area contributed by atoms with Gasteiger partial charge in [0.2, 0.25) is 5.88 Å². The van der Waals surface area contributed by atoms with Crippen LogP contribution in [0.3, 0.4) is 0 Å². The lowest BCUT2D eigenvalue weighted by Gasteiger charge is -2.08. The van der Waals surface area contributed by atoms with Crippen LogP contribution >= 0.6 is 11.6 Å². The number of nitrogens with zero attached hydrogens (tertiary/aromatic N) is 2. The predicted molar refractivity (Wildman–Crippen MR) is 72.4 cm³/mol. The number of aryl methyl sites for hydroxylation is 1. The summed E-state index contributed by atoms with van der Waals surface area (Å²) in [6.45, 7) is 2.44. The first kappa shape index (κ1) is 12.9. The number of hydrogen-bond acceptors (Lipinski definition) is 3. The largest absolute Gasteiger partial charge is 0.481 e. The molecule has 2 rings (SSSR count). The van der Waals surface area contributed by atoms with Crippen molar-refractivity contribution in [2.45, 2.75) is 19.9 Å². The highest BCUT2D eigenvalue weighted by atomic mass is 35.5. The molecule has 0 bridgehead atoms. The van der Waals surface area contributed by atoms with E-state index in [0.717, 1.165) is 23.4 Å². The van der Waals surface area contributed by atoms with Crippen LogP contribution in [-0.4, -0.2) is 16.9 Å². The molecule has 0 saturated heterocycles. The van der Waals surface area contributed by atoms with E-state index in [1.54, 1.807) is 11.8 Å². The van der Waals surface area contributed by atoms with Gasteiger partial charge in [-0.25, -0.2) is 0 Å². The van der Waals surface area contributed by atoms with Gasteiger partial charge in [0.1, 0.15) is 0 Å². The van der Waals surface area contributed by atoms with Gasteiger partial charge in [-0.05, 0) is 18.6 Å². The summed E-state index contributed by atoms with van der Waals surface area (Å²) in [5.74, 6) is 0.655. The minimum atomic E-state index is 0.400. The summed E-state index contributed by atoms with van der Waals surface area (Å²) in [5, 5.41) is 5.16. The highest BCUT2D eigenvalue weighted by Crippen LogP contribution is 2.29. The van der Waals surface area contributed by atoms with Crippen LogP contribution in [0.2, 0.25) is 5.02 Å². The maximum atomic E-state index is 6.19. The van der Waals surface area contributed by atoms with Crippen molar-refractivity contribution < 1.29 is 4.74 Å². The van der Waals surface area contributed by atoms with Crippen LogP contribution in [0.25, 0.3) is 5.69 Å². The number of methoxy groups -OCH3 is 1. The van der Waals surface area contributed by atoms with E-state index in [-0.39, 0.29) is 0 Å². The molecule has 0 amide bonds. The Morgan fingerprint density at radius 1 is 1.39 bits per heavy atom. The Labute approximate surface area is 111 Å². The van der Waals surface area contributed by atoms with Crippen molar-refractivity contribution in [2.75, 3.05) is 7.11 Å². The first-order chi connectivity index (χ1) is 8.72. The molecule has 4 nitrogen and oxygen atoms in total. The summed E-state index contributed by atoms with van der Waals surface area (Å²) in [5.41, 5.74) is 8.43. The van der Waals surface area contributed by atoms with E-state index in [1.807, 2.05) is 31.2 Å². The molecule has 0 atom stereocenters. The number of ether oxygens (including phenoxy) is 1. The second kappa shape index (κ2) is 5.42. The number of para-hydroxylation sites is 1. The Bertz CT molecular complexity index is 551. The molecular formula is C13H16ClN3O. The van der Waals surface area contributed by atoms with Gasteiger partial charge in [0, 0.05) is 6.54 Å². The monoisotopic (exact) mass is 265 g/mol. The summed E-state index contributed by atoms with van der Waals surface area (Å²) in [4.78, 5) is 0. The molecule has 0 spiro atoms. The standard InChI is InChI=1S/C13H16ClN3O/c1-3-11-9(8-15)13(18-2)17(16-11)12-7-5-4-6-10(12)14/h4-7H,3,8,15H2,1-2H3. The molecule has 0 saturated carbocycles. The summed E-state index contributed by atoms with van der Waals surface area (Å²) >= 11 is 6.19. The molecule has 0 aliphatic rings. The van der Waals surface area contributed by atoms with Crippen LogP contribution in [0.15, 0.2) is 24.3 Å². The molecule has 1 aromatic heterocycles. The van der Waals surface area contributed by atoms with Gasteiger partial charge in [-0.1, -0.05) is 30.7 Å². The predicted octanol–water partition coefficient (Wildman–Crippen LogP) is 2.56. The van der Waals surface area contributed by atoms with Gasteiger partial charge in [0.15, 0.2) is 0 Å². The zero-order chi connectivity index (χ0) is 13.1. The van der Waals surface area contributed by atoms with Crippen LogP contribution in [-0.2, 0) is 13.0 Å². The summed E-state index contributed by atoms with van der Waals surface area (Å²) in [7, 11) is 1.61. The van der Waals surface area contributed by atoms with E-state index in [9.17, 15) is 0 Å². The topological polar surface area (TPSA) is 53.1 Å². The molecule has 1 heterocycles. The SMILES string of the molecule is CCc1nn(-c2ccccc2Cl)c(OC)c1CN. The second-order valence-electron chi connectivity index (χ2n) is 3.86. The molecule has 2 aromatic rings. The molecule has 1 aromatic carbocycles. The third kappa shape index (κ3) is 2.09. The van der Waals surface area contributed by atoms with Crippen LogP contribution in [0.1, 0.15) is 18.2 Å². The third-order valence-electron chi connectivity index (χ3n) is 2.83. The minimum Gasteiger partial charge on any atom is -0.481 e. The highest BCUT2D eigenvalue weighted by Gasteiger charge is 2.18. The lowest BCUT2D eigenvalue weighted by Crippen LogP contribution is -2.03. The molecule has 2 N–H and O–H groups in total. The summed E-state index contributed by atoms with van der Waals surface area (Å²) < 4.78 is 7.13. The van der Waals surface area contributed by atoms with Gasteiger partial charge in [0.25, 0.3) is 0 Å². The van der Waals surface area contributed by atoms with Gasteiger partial charge in [-0.3, -0.25) is 0 Å². The van der Waals surface area contributed by atoms with Crippen LogP contribution in [0.5, 0.6) is 5.88 Å². The van der Waals surface area contributed by atoms with Gasteiger partial charge in [0.05, 0.1) is 29.1 Å². The Balaban J connectivity index is 2.64. The molecule has 0 aliphatic heterocycles. The summed E-state index contributed by atoms with van der Waals surface area (Å²) in [6, 6.07) is 7.52. The molecule has 0 unspecified atom stereocenters. The Morgan fingerprint density at radius 3 is 2.67 bits per heavy atom. The van der Waals surface area contributed by atoms with Crippen molar-refractivity contribution in [1.29, 1.82) is 0 Å².